The third-order valence-electron chi connectivity index (χ3n) is 2.24. The third-order valence-corrected chi connectivity index (χ3v) is 2.24. The zero-order valence-electron chi connectivity index (χ0n) is 10.3. The van der Waals surface area contributed by atoms with Crippen LogP contribution in [0, 0.1) is 30.1 Å². The van der Waals surface area contributed by atoms with Crippen LogP contribution >= 0.6 is 0 Å². The van der Waals surface area contributed by atoms with Gasteiger partial charge in [-0.15, -0.1) is 37.8 Å². The van der Waals surface area contributed by atoms with Crippen LogP contribution in [0.3, 0.4) is 0 Å². The minimum atomic E-state index is -0.310. The van der Waals surface area contributed by atoms with E-state index < -0.39 is 0 Å². The van der Waals surface area contributed by atoms with Crippen LogP contribution in [0.25, 0.3) is 0 Å². The molecule has 0 heterocycles. The van der Waals surface area contributed by atoms with Gasteiger partial charge in [-0.05, 0) is 0 Å². The van der Waals surface area contributed by atoms with Crippen molar-refractivity contribution in [2.45, 2.75) is 12.8 Å². The molecule has 0 radical (unpaired) electrons. The highest BCUT2D eigenvalue weighted by atomic mass is 16.5. The van der Waals surface area contributed by atoms with Gasteiger partial charge in [0, 0.05) is 18.3 Å². The average molecular weight is 232 g/mol. The molecule has 0 unspecified atom stereocenters. The molecule has 2 nitrogen and oxygen atoms in total. The summed E-state index contributed by atoms with van der Waals surface area (Å²) < 4.78 is 10.9. The summed E-state index contributed by atoms with van der Waals surface area (Å²) in [5.74, 6) is 5.28. The topological polar surface area (TPSA) is 18.5 Å². The van der Waals surface area contributed by atoms with Gasteiger partial charge < -0.3 is 9.47 Å². The second-order valence-electron chi connectivity index (χ2n) is 3.87. The van der Waals surface area contributed by atoms with E-state index in [4.69, 9.17) is 22.3 Å². The number of rotatable bonds is 10. The minimum absolute atomic E-state index is 0.310. The van der Waals surface area contributed by atoms with Gasteiger partial charge >= 0.3 is 0 Å². The first-order valence-corrected chi connectivity index (χ1v) is 5.49. The lowest BCUT2D eigenvalue weighted by Gasteiger charge is -2.29. The van der Waals surface area contributed by atoms with Crippen molar-refractivity contribution in [2.75, 3.05) is 26.4 Å². The SMILES string of the molecule is C#CCC(CC#C)(COCC=C)COCC=C. The van der Waals surface area contributed by atoms with Crippen LogP contribution in [0.4, 0.5) is 0 Å². The van der Waals surface area contributed by atoms with Crippen LogP contribution in [-0.2, 0) is 9.47 Å². The molecule has 0 fully saturated rings. The van der Waals surface area contributed by atoms with E-state index in [1.807, 2.05) is 0 Å². The summed E-state index contributed by atoms with van der Waals surface area (Å²) in [6.07, 6.45) is 15.2. The Labute approximate surface area is 105 Å². The average Bonchev–Trinajstić information content (AvgIpc) is 2.30. The van der Waals surface area contributed by atoms with Crippen molar-refractivity contribution >= 4 is 0 Å². The molecule has 0 aliphatic carbocycles. The Balaban J connectivity index is 4.48. The molecule has 0 rings (SSSR count). The summed E-state index contributed by atoms with van der Waals surface area (Å²) in [6.45, 7) is 9.12. The Morgan fingerprint density at radius 1 is 0.941 bits per heavy atom. The maximum Gasteiger partial charge on any atom is 0.0645 e. The number of hydrogen-bond acceptors (Lipinski definition) is 2. The highest BCUT2D eigenvalue weighted by Crippen LogP contribution is 2.27. The molecule has 17 heavy (non-hydrogen) atoms. The molecular weight excluding hydrogens is 212 g/mol. The minimum Gasteiger partial charge on any atom is -0.377 e. The van der Waals surface area contributed by atoms with E-state index in [9.17, 15) is 0 Å². The van der Waals surface area contributed by atoms with Gasteiger partial charge in [-0.1, -0.05) is 12.2 Å². The second kappa shape index (κ2) is 9.73. The maximum absolute atomic E-state index is 5.47. The van der Waals surface area contributed by atoms with Gasteiger partial charge in [-0.3, -0.25) is 0 Å². The monoisotopic (exact) mass is 232 g/mol. The predicted molar refractivity (Wildman–Crippen MR) is 71.4 cm³/mol. The molecular formula is C15H20O2. The van der Waals surface area contributed by atoms with Crippen LogP contribution < -0.4 is 0 Å². The van der Waals surface area contributed by atoms with Gasteiger partial charge in [0.05, 0.1) is 26.4 Å². The van der Waals surface area contributed by atoms with Crippen molar-refractivity contribution in [3.05, 3.63) is 25.3 Å². The molecule has 0 atom stereocenters. The molecule has 0 bridgehead atoms. The molecule has 0 N–H and O–H groups in total. The Morgan fingerprint density at radius 2 is 1.35 bits per heavy atom. The smallest absolute Gasteiger partial charge is 0.0645 e. The van der Waals surface area contributed by atoms with E-state index in [0.29, 0.717) is 39.3 Å². The quantitative estimate of drug-likeness (QED) is 0.327. The van der Waals surface area contributed by atoms with E-state index in [1.54, 1.807) is 12.2 Å². The summed E-state index contributed by atoms with van der Waals surface area (Å²) in [6, 6.07) is 0. The summed E-state index contributed by atoms with van der Waals surface area (Å²) in [7, 11) is 0. The highest BCUT2D eigenvalue weighted by molar-refractivity contribution is 5.02. The zero-order chi connectivity index (χ0) is 13.0. The van der Waals surface area contributed by atoms with Crippen LogP contribution in [0.15, 0.2) is 25.3 Å². The Kier molecular flexibility index (Phi) is 8.88. The van der Waals surface area contributed by atoms with Gasteiger partial charge in [0.15, 0.2) is 0 Å². The number of terminal acetylenes is 2. The van der Waals surface area contributed by atoms with Crippen molar-refractivity contribution in [1.29, 1.82) is 0 Å². The van der Waals surface area contributed by atoms with Gasteiger partial charge in [0.1, 0.15) is 0 Å². The summed E-state index contributed by atoms with van der Waals surface area (Å²) >= 11 is 0. The van der Waals surface area contributed by atoms with Gasteiger partial charge in [-0.25, -0.2) is 0 Å². The van der Waals surface area contributed by atoms with Gasteiger partial charge in [0.2, 0.25) is 0 Å². The molecule has 0 aliphatic rings. The molecule has 0 saturated carbocycles. The van der Waals surface area contributed by atoms with E-state index >= 15 is 0 Å². The summed E-state index contributed by atoms with van der Waals surface area (Å²) in [5, 5.41) is 0. The molecule has 0 aromatic rings. The van der Waals surface area contributed by atoms with Crippen LogP contribution in [-0.4, -0.2) is 26.4 Å². The first-order chi connectivity index (χ1) is 8.24. The Morgan fingerprint density at radius 3 is 1.65 bits per heavy atom. The van der Waals surface area contributed by atoms with Crippen molar-refractivity contribution in [1.82, 2.24) is 0 Å². The fourth-order valence-electron chi connectivity index (χ4n) is 1.46. The first kappa shape index (κ1) is 15.5. The lowest BCUT2D eigenvalue weighted by Crippen LogP contribution is -2.32. The van der Waals surface area contributed by atoms with Crippen molar-refractivity contribution in [3.63, 3.8) is 0 Å². The lowest BCUT2D eigenvalue weighted by molar-refractivity contribution is -0.00342. The predicted octanol–water partition coefficient (Wildman–Crippen LogP) is 2.42. The van der Waals surface area contributed by atoms with Crippen molar-refractivity contribution in [2.24, 2.45) is 5.41 Å². The normalized spacial score (nSPS) is 10.2. The van der Waals surface area contributed by atoms with E-state index in [-0.39, 0.29) is 5.41 Å². The number of hydrogen-bond donors (Lipinski definition) is 0. The molecule has 0 saturated heterocycles. The standard InChI is InChI=1S/C15H20O2/c1-5-9-15(10-6-2,13-16-11-7-3)14-17-12-8-4/h1-2,7-8H,3-4,9-14H2. The van der Waals surface area contributed by atoms with Gasteiger partial charge in [-0.2, -0.15) is 0 Å². The van der Waals surface area contributed by atoms with Crippen LogP contribution in [0.1, 0.15) is 12.8 Å². The van der Waals surface area contributed by atoms with Crippen LogP contribution in [0.2, 0.25) is 0 Å². The lowest BCUT2D eigenvalue weighted by atomic mass is 9.83. The largest absolute Gasteiger partial charge is 0.377 e. The van der Waals surface area contributed by atoms with E-state index in [1.165, 1.54) is 0 Å². The van der Waals surface area contributed by atoms with Crippen molar-refractivity contribution in [3.8, 4) is 24.7 Å². The second-order valence-corrected chi connectivity index (χ2v) is 3.87. The fourth-order valence-corrected chi connectivity index (χ4v) is 1.46. The molecule has 2 heteroatoms. The third kappa shape index (κ3) is 6.64. The summed E-state index contributed by atoms with van der Waals surface area (Å²) in [4.78, 5) is 0. The molecule has 0 aliphatic heterocycles. The molecule has 0 spiro atoms. The van der Waals surface area contributed by atoms with E-state index in [2.05, 4.69) is 25.0 Å². The maximum atomic E-state index is 5.47. The zero-order valence-corrected chi connectivity index (χ0v) is 10.3. The van der Waals surface area contributed by atoms with E-state index in [0.717, 1.165) is 0 Å². The summed E-state index contributed by atoms with van der Waals surface area (Å²) in [5.41, 5.74) is -0.310. The van der Waals surface area contributed by atoms with Crippen molar-refractivity contribution < 1.29 is 9.47 Å². The molecule has 92 valence electrons. The van der Waals surface area contributed by atoms with Crippen LogP contribution in [0.5, 0.6) is 0 Å². The highest BCUT2D eigenvalue weighted by Gasteiger charge is 2.29. The molecule has 0 aromatic carbocycles. The number of ether oxygens (including phenoxy) is 2. The Hall–Kier alpha value is -1.48. The fraction of sp³-hybridized carbons (Fsp3) is 0.467. The van der Waals surface area contributed by atoms with Gasteiger partial charge in [0.25, 0.3) is 0 Å². The molecule has 0 aromatic heterocycles. The molecule has 0 amide bonds. The Bertz CT molecular complexity index is 272. The first-order valence-electron chi connectivity index (χ1n) is 5.49.